The standard InChI is InChI=1S/C27H27F4N5OS/c1-4-36-14-21(26(34-36)27(29,30)31)25-18(7-5-8-22(25)28)20-13-35(24(37)9-6-10-33-16(2)3)15-23-19(20)11-17(12-32)38-23/h5-9,11,14,16,20,33H,4,10,13,15H2,1-3H3/b9-6+/i16D. The van der Waals surface area contributed by atoms with Gasteiger partial charge in [0.1, 0.15) is 16.8 Å². The molecule has 1 N–H and O–H groups in total. The van der Waals surface area contributed by atoms with E-state index in [1.807, 2.05) is 0 Å². The molecule has 11 heteroatoms. The van der Waals surface area contributed by atoms with Gasteiger partial charge in [0.15, 0.2) is 5.69 Å². The number of nitriles is 1. The summed E-state index contributed by atoms with van der Waals surface area (Å²) in [5.74, 6) is -1.85. The van der Waals surface area contributed by atoms with Crippen molar-refractivity contribution in [2.24, 2.45) is 0 Å². The van der Waals surface area contributed by atoms with E-state index >= 15 is 4.39 Å². The fourth-order valence-electron chi connectivity index (χ4n) is 4.53. The van der Waals surface area contributed by atoms with Crippen molar-refractivity contribution >= 4 is 17.2 Å². The maximum absolute atomic E-state index is 15.4. The molecule has 0 aliphatic carbocycles. The highest BCUT2D eigenvalue weighted by Crippen LogP contribution is 2.45. The zero-order valence-corrected chi connectivity index (χ0v) is 21.9. The summed E-state index contributed by atoms with van der Waals surface area (Å²) in [7, 11) is 0. The van der Waals surface area contributed by atoms with Crippen LogP contribution in [0, 0.1) is 17.1 Å². The molecule has 0 spiro atoms. The van der Waals surface area contributed by atoms with Crippen LogP contribution in [-0.2, 0) is 24.1 Å². The molecule has 6 nitrogen and oxygen atoms in total. The van der Waals surface area contributed by atoms with Crippen LogP contribution >= 0.6 is 11.3 Å². The van der Waals surface area contributed by atoms with E-state index in [4.69, 9.17) is 1.37 Å². The molecule has 1 aliphatic rings. The summed E-state index contributed by atoms with van der Waals surface area (Å²) in [6.45, 7) is 5.73. The number of halogens is 4. The zero-order valence-electron chi connectivity index (χ0n) is 22.1. The van der Waals surface area contributed by atoms with Gasteiger partial charge in [-0.15, -0.1) is 11.3 Å². The lowest BCUT2D eigenvalue weighted by molar-refractivity contribution is -0.141. The first-order valence-electron chi connectivity index (χ1n) is 12.5. The topological polar surface area (TPSA) is 74.0 Å². The van der Waals surface area contributed by atoms with Crippen LogP contribution < -0.4 is 5.32 Å². The number of rotatable bonds is 7. The molecule has 0 bridgehead atoms. The summed E-state index contributed by atoms with van der Waals surface area (Å²) in [5.41, 5.74) is -0.821. The van der Waals surface area contributed by atoms with Crippen molar-refractivity contribution in [3.8, 4) is 17.2 Å². The third-order valence-electron chi connectivity index (χ3n) is 6.26. The van der Waals surface area contributed by atoms with Crippen molar-refractivity contribution in [3.05, 3.63) is 75.0 Å². The number of aromatic nitrogens is 2. The molecule has 1 aromatic carbocycles. The third kappa shape index (κ3) is 5.66. The molecule has 3 heterocycles. The van der Waals surface area contributed by atoms with Gasteiger partial charge in [0.2, 0.25) is 5.91 Å². The SMILES string of the molecule is [2H]C(C)(C)NC/C=C/C(=O)N1Cc2sc(C#N)cc2C(c2cccc(F)c2-c2cn(CC)nc2C(F)(F)F)C1. The number of amides is 1. The predicted molar refractivity (Wildman–Crippen MR) is 137 cm³/mol. The normalized spacial score (nSPS) is 16.4. The number of nitrogens with one attached hydrogen (secondary N) is 1. The van der Waals surface area contributed by atoms with Gasteiger partial charge in [-0.2, -0.15) is 23.5 Å². The van der Waals surface area contributed by atoms with Gasteiger partial charge in [-0.25, -0.2) is 4.39 Å². The minimum atomic E-state index is -4.81. The molecule has 3 aromatic rings. The molecular formula is C27H27F4N5OS. The molecule has 0 fully saturated rings. The fourth-order valence-corrected chi connectivity index (χ4v) is 5.56. The average Bonchev–Trinajstić information content (AvgIpc) is 3.49. The number of thiophene rings is 1. The minimum absolute atomic E-state index is 0.0782. The van der Waals surface area contributed by atoms with E-state index in [1.54, 1.807) is 39.0 Å². The molecule has 0 saturated carbocycles. The van der Waals surface area contributed by atoms with Crippen molar-refractivity contribution in [2.75, 3.05) is 13.1 Å². The summed E-state index contributed by atoms with van der Waals surface area (Å²) in [6, 6.07) is 6.97. The Bertz CT molecular complexity index is 1450. The first kappa shape index (κ1) is 26.1. The summed E-state index contributed by atoms with van der Waals surface area (Å²) in [4.78, 5) is 15.7. The van der Waals surface area contributed by atoms with Crippen LogP contribution in [-0.4, -0.2) is 39.7 Å². The van der Waals surface area contributed by atoms with Crippen LogP contribution in [0.1, 0.15) is 54.6 Å². The number of hydrogen-bond acceptors (Lipinski definition) is 5. The molecule has 1 atom stereocenters. The zero-order chi connectivity index (χ0) is 28.5. The monoisotopic (exact) mass is 546 g/mol. The number of benzene rings is 1. The number of aryl methyl sites for hydroxylation is 1. The van der Waals surface area contributed by atoms with Crippen LogP contribution in [0.3, 0.4) is 0 Å². The lowest BCUT2D eigenvalue weighted by Gasteiger charge is -2.33. The van der Waals surface area contributed by atoms with E-state index in [-0.39, 0.29) is 48.8 Å². The van der Waals surface area contributed by atoms with Crippen molar-refractivity contribution in [1.82, 2.24) is 20.0 Å². The maximum atomic E-state index is 15.4. The lowest BCUT2D eigenvalue weighted by atomic mass is 9.83. The molecule has 200 valence electrons. The van der Waals surface area contributed by atoms with Crippen molar-refractivity contribution in [3.63, 3.8) is 0 Å². The van der Waals surface area contributed by atoms with Gasteiger partial charge in [-0.05, 0) is 30.2 Å². The van der Waals surface area contributed by atoms with E-state index in [0.29, 0.717) is 15.3 Å². The Morgan fingerprint density at radius 1 is 1.39 bits per heavy atom. The van der Waals surface area contributed by atoms with Gasteiger partial charge in [-0.3, -0.25) is 9.48 Å². The van der Waals surface area contributed by atoms with E-state index < -0.39 is 29.6 Å². The number of nitrogens with zero attached hydrogens (tertiary/aromatic N) is 4. The number of alkyl halides is 3. The van der Waals surface area contributed by atoms with Crippen LogP contribution in [0.5, 0.6) is 0 Å². The quantitative estimate of drug-likeness (QED) is 0.305. The predicted octanol–water partition coefficient (Wildman–Crippen LogP) is 5.69. The summed E-state index contributed by atoms with van der Waals surface area (Å²) < 4.78 is 66.2. The molecule has 0 saturated heterocycles. The van der Waals surface area contributed by atoms with Crippen molar-refractivity contribution in [2.45, 2.75) is 52.0 Å². The van der Waals surface area contributed by atoms with Crippen LogP contribution in [0.2, 0.25) is 0 Å². The molecule has 2 aromatic heterocycles. The van der Waals surface area contributed by atoms with Crippen molar-refractivity contribution < 1.29 is 23.7 Å². The molecular weight excluding hydrogens is 518 g/mol. The summed E-state index contributed by atoms with van der Waals surface area (Å²) in [6.07, 6.45) is -0.646. The molecule has 1 amide bonds. The van der Waals surface area contributed by atoms with E-state index in [1.165, 1.54) is 34.6 Å². The first-order chi connectivity index (χ1) is 18.3. The van der Waals surface area contributed by atoms with E-state index in [9.17, 15) is 23.2 Å². The minimum Gasteiger partial charge on any atom is -0.333 e. The smallest absolute Gasteiger partial charge is 0.333 e. The number of carbonyl (C=O) groups excluding carboxylic acids is 1. The Balaban J connectivity index is 1.79. The lowest BCUT2D eigenvalue weighted by Crippen LogP contribution is -2.37. The van der Waals surface area contributed by atoms with Gasteiger partial charge < -0.3 is 10.2 Å². The Hall–Kier alpha value is -3.49. The largest absolute Gasteiger partial charge is 0.435 e. The maximum Gasteiger partial charge on any atom is 0.435 e. The highest BCUT2D eigenvalue weighted by Gasteiger charge is 2.40. The number of hydrogen-bond donors (Lipinski definition) is 1. The highest BCUT2D eigenvalue weighted by molar-refractivity contribution is 7.12. The third-order valence-corrected chi connectivity index (χ3v) is 7.30. The summed E-state index contributed by atoms with van der Waals surface area (Å²) >= 11 is 1.20. The summed E-state index contributed by atoms with van der Waals surface area (Å²) in [5, 5.41) is 16.1. The Labute approximate surface area is 223 Å². The van der Waals surface area contributed by atoms with Gasteiger partial charge in [0.25, 0.3) is 0 Å². The average molecular weight is 547 g/mol. The molecule has 4 rings (SSSR count). The second kappa shape index (κ2) is 11.1. The fraction of sp³-hybridized carbons (Fsp3) is 0.370. The Morgan fingerprint density at radius 3 is 2.82 bits per heavy atom. The molecule has 0 radical (unpaired) electrons. The molecule has 1 aliphatic heterocycles. The second-order valence-corrected chi connectivity index (χ2v) is 10.2. The Morgan fingerprint density at radius 2 is 2.16 bits per heavy atom. The van der Waals surface area contributed by atoms with Crippen molar-refractivity contribution in [1.29, 1.82) is 5.26 Å². The van der Waals surface area contributed by atoms with E-state index in [0.717, 1.165) is 10.7 Å². The first-order valence-corrected chi connectivity index (χ1v) is 12.8. The van der Waals surface area contributed by atoms with Crippen LogP contribution in [0.4, 0.5) is 17.6 Å². The molecule has 1 unspecified atom stereocenters. The van der Waals surface area contributed by atoms with Gasteiger partial charge >= 0.3 is 6.18 Å². The van der Waals surface area contributed by atoms with Gasteiger partial charge in [0, 0.05) is 61.2 Å². The molecule has 38 heavy (non-hydrogen) atoms. The number of carbonyl (C=O) groups is 1. The van der Waals surface area contributed by atoms with Crippen LogP contribution in [0.25, 0.3) is 11.1 Å². The van der Waals surface area contributed by atoms with E-state index in [2.05, 4.69) is 16.5 Å². The number of fused-ring (bicyclic) bond motifs is 1. The van der Waals surface area contributed by atoms with Gasteiger partial charge in [0.05, 0.1) is 6.54 Å². The highest BCUT2D eigenvalue weighted by atomic mass is 32.1. The van der Waals surface area contributed by atoms with Gasteiger partial charge in [-0.1, -0.05) is 32.1 Å². The second-order valence-electron chi connectivity index (χ2n) is 9.10. The Kier molecular flexibility index (Phi) is 7.63. The van der Waals surface area contributed by atoms with Crippen LogP contribution in [0.15, 0.2) is 42.6 Å².